The fraction of sp³-hybridized carbons (Fsp3) is 0.647. The van der Waals surface area contributed by atoms with Crippen molar-refractivity contribution in [2.75, 3.05) is 13.1 Å². The molecule has 1 heterocycles. The Morgan fingerprint density at radius 3 is 2.95 bits per heavy atom. The van der Waals surface area contributed by atoms with Crippen molar-refractivity contribution in [2.24, 2.45) is 11.7 Å². The van der Waals surface area contributed by atoms with E-state index in [4.69, 9.17) is 5.73 Å². The molecule has 1 aromatic carbocycles. The number of fused-ring (bicyclic) bond motifs is 1. The first kappa shape index (κ1) is 13.1. The summed E-state index contributed by atoms with van der Waals surface area (Å²) in [6, 6.07) is 9.52. The summed E-state index contributed by atoms with van der Waals surface area (Å²) in [6.07, 6.45) is 6.51. The quantitative estimate of drug-likeness (QED) is 0.902. The molecule has 2 heteroatoms. The number of nitrogens with two attached hydrogens (primary N) is 1. The van der Waals surface area contributed by atoms with E-state index in [-0.39, 0.29) is 6.04 Å². The molecule has 2 N–H and O–H groups in total. The summed E-state index contributed by atoms with van der Waals surface area (Å²) in [6.45, 7) is 4.82. The predicted molar refractivity (Wildman–Crippen MR) is 80.1 cm³/mol. The second kappa shape index (κ2) is 5.64. The Kier molecular flexibility index (Phi) is 3.90. The van der Waals surface area contributed by atoms with Crippen LogP contribution in [0.4, 0.5) is 0 Å². The van der Waals surface area contributed by atoms with Gasteiger partial charge in [0.25, 0.3) is 0 Å². The Hall–Kier alpha value is -0.860. The number of aryl methyl sites for hydroxylation is 1. The summed E-state index contributed by atoms with van der Waals surface area (Å²) in [5.41, 5.74) is 9.40. The van der Waals surface area contributed by atoms with E-state index in [1.165, 1.54) is 56.3 Å². The molecule has 0 spiro atoms. The van der Waals surface area contributed by atoms with Gasteiger partial charge in [-0.2, -0.15) is 0 Å². The van der Waals surface area contributed by atoms with Gasteiger partial charge in [0.2, 0.25) is 0 Å². The summed E-state index contributed by atoms with van der Waals surface area (Å²) < 4.78 is 0. The Labute approximate surface area is 117 Å². The van der Waals surface area contributed by atoms with Gasteiger partial charge in [-0.15, -0.1) is 0 Å². The normalized spacial score (nSPS) is 31.4. The summed E-state index contributed by atoms with van der Waals surface area (Å²) >= 11 is 0. The largest absolute Gasteiger partial charge is 0.323 e. The van der Waals surface area contributed by atoms with Crippen LogP contribution in [-0.4, -0.2) is 24.0 Å². The van der Waals surface area contributed by atoms with E-state index in [1.807, 2.05) is 0 Å². The minimum atomic E-state index is 0.213. The molecule has 0 aromatic heterocycles. The number of likely N-dealkylation sites (tertiary alicyclic amines) is 1. The Morgan fingerprint density at radius 1 is 1.26 bits per heavy atom. The molecule has 0 amide bonds. The molecule has 104 valence electrons. The zero-order valence-corrected chi connectivity index (χ0v) is 12.0. The molecule has 0 bridgehead atoms. The predicted octanol–water partition coefficient (Wildman–Crippen LogP) is 3.12. The molecule has 1 aromatic rings. The Morgan fingerprint density at radius 2 is 2.11 bits per heavy atom. The van der Waals surface area contributed by atoms with E-state index in [1.54, 1.807) is 0 Å². The topological polar surface area (TPSA) is 29.3 Å². The van der Waals surface area contributed by atoms with Gasteiger partial charge < -0.3 is 5.73 Å². The van der Waals surface area contributed by atoms with Crippen LogP contribution in [0, 0.1) is 5.92 Å². The molecule has 0 radical (unpaired) electrons. The highest BCUT2D eigenvalue weighted by molar-refractivity contribution is 5.33. The van der Waals surface area contributed by atoms with Gasteiger partial charge in [0.05, 0.1) is 0 Å². The number of hydrogen-bond donors (Lipinski definition) is 1. The van der Waals surface area contributed by atoms with E-state index in [0.717, 1.165) is 5.92 Å². The van der Waals surface area contributed by atoms with Crippen LogP contribution in [0.15, 0.2) is 24.3 Å². The van der Waals surface area contributed by atoms with Crippen LogP contribution in [0.2, 0.25) is 0 Å². The lowest BCUT2D eigenvalue weighted by atomic mass is 9.84. The lowest BCUT2D eigenvalue weighted by molar-refractivity contribution is 0.184. The fourth-order valence-corrected chi connectivity index (χ4v) is 3.99. The van der Waals surface area contributed by atoms with E-state index < -0.39 is 0 Å². The molecule has 3 unspecified atom stereocenters. The highest BCUT2D eigenvalue weighted by atomic mass is 15.2. The van der Waals surface area contributed by atoms with Crippen molar-refractivity contribution in [3.8, 4) is 0 Å². The zero-order valence-electron chi connectivity index (χ0n) is 12.0. The van der Waals surface area contributed by atoms with Crippen LogP contribution in [-0.2, 0) is 6.42 Å². The maximum Gasteiger partial charge on any atom is 0.0455 e. The molecule has 1 aliphatic heterocycles. The molecule has 2 aliphatic rings. The van der Waals surface area contributed by atoms with E-state index in [2.05, 4.69) is 36.1 Å². The van der Waals surface area contributed by atoms with Gasteiger partial charge in [0.15, 0.2) is 0 Å². The van der Waals surface area contributed by atoms with Gasteiger partial charge in [0, 0.05) is 18.6 Å². The van der Waals surface area contributed by atoms with Gasteiger partial charge in [-0.3, -0.25) is 4.90 Å². The van der Waals surface area contributed by atoms with Gasteiger partial charge >= 0.3 is 0 Å². The second-order valence-electron chi connectivity index (χ2n) is 6.27. The fourth-order valence-electron chi connectivity index (χ4n) is 3.99. The SMILES string of the molecule is CCCC1CCN(C2CCc3ccccc3C2N)C1. The smallest absolute Gasteiger partial charge is 0.0455 e. The van der Waals surface area contributed by atoms with Crippen molar-refractivity contribution in [2.45, 2.75) is 51.1 Å². The lowest BCUT2D eigenvalue weighted by Crippen LogP contribution is -2.44. The van der Waals surface area contributed by atoms with Crippen LogP contribution >= 0.6 is 0 Å². The third-order valence-electron chi connectivity index (χ3n) is 5.02. The van der Waals surface area contributed by atoms with Gasteiger partial charge in [-0.1, -0.05) is 37.6 Å². The first-order valence-corrected chi connectivity index (χ1v) is 7.87. The van der Waals surface area contributed by atoms with Crippen LogP contribution < -0.4 is 5.73 Å². The molecule has 19 heavy (non-hydrogen) atoms. The number of rotatable bonds is 3. The maximum atomic E-state index is 6.55. The first-order valence-electron chi connectivity index (χ1n) is 7.87. The van der Waals surface area contributed by atoms with Crippen LogP contribution in [0.3, 0.4) is 0 Å². The second-order valence-corrected chi connectivity index (χ2v) is 6.27. The van der Waals surface area contributed by atoms with Gasteiger partial charge in [0.1, 0.15) is 0 Å². The molecule has 1 saturated heterocycles. The van der Waals surface area contributed by atoms with Gasteiger partial charge in [-0.05, 0) is 49.3 Å². The summed E-state index contributed by atoms with van der Waals surface area (Å²) in [4.78, 5) is 2.67. The lowest BCUT2D eigenvalue weighted by Gasteiger charge is -2.37. The maximum absolute atomic E-state index is 6.55. The number of nitrogens with zero attached hydrogens (tertiary/aromatic N) is 1. The third-order valence-corrected chi connectivity index (χ3v) is 5.02. The van der Waals surface area contributed by atoms with E-state index >= 15 is 0 Å². The molecule has 1 aliphatic carbocycles. The highest BCUT2D eigenvalue weighted by Gasteiger charge is 2.34. The highest BCUT2D eigenvalue weighted by Crippen LogP contribution is 2.34. The molecule has 2 nitrogen and oxygen atoms in total. The molecule has 3 rings (SSSR count). The minimum Gasteiger partial charge on any atom is -0.323 e. The molecular formula is C17H26N2. The van der Waals surface area contributed by atoms with Crippen LogP contribution in [0.5, 0.6) is 0 Å². The zero-order chi connectivity index (χ0) is 13.2. The molecule has 1 fully saturated rings. The molecular weight excluding hydrogens is 232 g/mol. The summed E-state index contributed by atoms with van der Waals surface area (Å²) in [5.74, 6) is 0.911. The van der Waals surface area contributed by atoms with Crippen molar-refractivity contribution in [3.05, 3.63) is 35.4 Å². The van der Waals surface area contributed by atoms with Crippen molar-refractivity contribution in [1.82, 2.24) is 4.90 Å². The number of hydrogen-bond acceptors (Lipinski definition) is 2. The van der Waals surface area contributed by atoms with E-state index in [9.17, 15) is 0 Å². The average molecular weight is 258 g/mol. The first-order chi connectivity index (χ1) is 9.29. The molecule has 3 atom stereocenters. The summed E-state index contributed by atoms with van der Waals surface area (Å²) in [7, 11) is 0. The Bertz CT molecular complexity index is 429. The standard InChI is InChI=1S/C17H26N2/c1-2-5-13-10-11-19(12-13)16-9-8-14-6-3-4-7-15(14)17(16)18/h3-4,6-7,13,16-17H,2,5,8-12,18H2,1H3. The van der Waals surface area contributed by atoms with Crippen molar-refractivity contribution < 1.29 is 0 Å². The Balaban J connectivity index is 1.71. The van der Waals surface area contributed by atoms with Crippen molar-refractivity contribution in [3.63, 3.8) is 0 Å². The summed E-state index contributed by atoms with van der Waals surface area (Å²) in [5, 5.41) is 0. The van der Waals surface area contributed by atoms with Gasteiger partial charge in [-0.25, -0.2) is 0 Å². The molecule has 0 saturated carbocycles. The average Bonchev–Trinajstić information content (AvgIpc) is 2.88. The van der Waals surface area contributed by atoms with Crippen LogP contribution in [0.25, 0.3) is 0 Å². The van der Waals surface area contributed by atoms with Crippen LogP contribution in [0.1, 0.15) is 49.8 Å². The number of benzene rings is 1. The van der Waals surface area contributed by atoms with Crippen molar-refractivity contribution >= 4 is 0 Å². The minimum absolute atomic E-state index is 0.213. The third kappa shape index (κ3) is 2.56. The van der Waals surface area contributed by atoms with E-state index in [0.29, 0.717) is 6.04 Å². The van der Waals surface area contributed by atoms with Crippen molar-refractivity contribution in [1.29, 1.82) is 0 Å². The monoisotopic (exact) mass is 258 g/mol.